The number of carbonyl (C=O) groups excluding carboxylic acids is 6. The first-order valence-electron chi connectivity index (χ1n) is 17.3. The van der Waals surface area contributed by atoms with Crippen LogP contribution in [0.5, 0.6) is 0 Å². The molecule has 0 aliphatic rings. The van der Waals surface area contributed by atoms with E-state index in [2.05, 4.69) is 16.6 Å². The SMILES string of the molecule is C#CCCCC[C@@H](C)C(=O)N(C)[C@H](C(=O)N(C)[C@H](C(=O)N[C@H](C(=O)N(C)[C@H](C(=O)N[C@@H](C)C(N)=O)[C@H](C)CC)C(C)C)C(C)C)C(C)C. The summed E-state index contributed by atoms with van der Waals surface area (Å²) < 4.78 is 0. The van der Waals surface area contributed by atoms with Gasteiger partial charge in [0.25, 0.3) is 0 Å². The molecule has 0 aliphatic heterocycles. The summed E-state index contributed by atoms with van der Waals surface area (Å²) in [6.45, 7) is 17.9. The van der Waals surface area contributed by atoms with Crippen LogP contribution in [0, 0.1) is 41.9 Å². The van der Waals surface area contributed by atoms with Crippen molar-refractivity contribution in [3.63, 3.8) is 0 Å². The molecule has 0 bridgehead atoms. The van der Waals surface area contributed by atoms with Gasteiger partial charge in [-0.1, -0.05) is 75.2 Å². The molecule has 0 spiro atoms. The molecule has 0 saturated carbocycles. The number of rotatable bonds is 20. The Kier molecular flexibility index (Phi) is 19.1. The second-order valence-corrected chi connectivity index (χ2v) is 14.3. The molecule has 7 atom stereocenters. The van der Waals surface area contributed by atoms with E-state index in [4.69, 9.17) is 12.2 Å². The van der Waals surface area contributed by atoms with E-state index in [1.165, 1.54) is 28.7 Å². The molecule has 0 fully saturated rings. The van der Waals surface area contributed by atoms with Gasteiger partial charge in [0.15, 0.2) is 0 Å². The van der Waals surface area contributed by atoms with E-state index in [0.717, 1.165) is 12.8 Å². The lowest BCUT2D eigenvalue weighted by atomic mass is 9.93. The number of nitrogens with zero attached hydrogens (tertiary/aromatic N) is 3. The largest absolute Gasteiger partial charge is 0.368 e. The van der Waals surface area contributed by atoms with Crippen molar-refractivity contribution in [2.24, 2.45) is 35.3 Å². The minimum absolute atomic E-state index is 0.152. The van der Waals surface area contributed by atoms with Gasteiger partial charge >= 0.3 is 0 Å². The Morgan fingerprint density at radius 2 is 1.15 bits per heavy atom. The van der Waals surface area contributed by atoms with Crippen LogP contribution in [-0.4, -0.2) is 101 Å². The van der Waals surface area contributed by atoms with Crippen LogP contribution in [0.3, 0.4) is 0 Å². The highest BCUT2D eigenvalue weighted by Crippen LogP contribution is 2.22. The molecule has 4 N–H and O–H groups in total. The first-order chi connectivity index (χ1) is 22.2. The van der Waals surface area contributed by atoms with Gasteiger partial charge in [-0.25, -0.2) is 0 Å². The van der Waals surface area contributed by atoms with Gasteiger partial charge in [-0.05, 0) is 43.4 Å². The molecule has 0 aromatic carbocycles. The molecule has 12 nitrogen and oxygen atoms in total. The van der Waals surface area contributed by atoms with Crippen LogP contribution in [0.15, 0.2) is 0 Å². The fraction of sp³-hybridized carbons (Fsp3) is 0.778. The fourth-order valence-electron chi connectivity index (χ4n) is 5.97. The molecule has 0 rings (SSSR count). The smallest absolute Gasteiger partial charge is 0.246 e. The average molecular weight is 677 g/mol. The zero-order valence-electron chi connectivity index (χ0n) is 31.8. The molecule has 0 aromatic rings. The monoisotopic (exact) mass is 676 g/mol. The molecule has 48 heavy (non-hydrogen) atoms. The number of terminal acetylenes is 1. The Labute approximate surface area is 289 Å². The van der Waals surface area contributed by atoms with Crippen molar-refractivity contribution < 1.29 is 28.8 Å². The summed E-state index contributed by atoms with van der Waals surface area (Å²) in [6, 6.07) is -4.63. The molecule has 12 heteroatoms. The minimum atomic E-state index is -1.01. The second-order valence-electron chi connectivity index (χ2n) is 14.3. The summed E-state index contributed by atoms with van der Waals surface area (Å²) in [5, 5.41) is 5.46. The van der Waals surface area contributed by atoms with Crippen LogP contribution in [0.1, 0.15) is 101 Å². The maximum Gasteiger partial charge on any atom is 0.246 e. The Morgan fingerprint density at radius 3 is 1.58 bits per heavy atom. The number of hydrogen-bond donors (Lipinski definition) is 3. The Bertz CT molecular complexity index is 1150. The van der Waals surface area contributed by atoms with Gasteiger partial charge in [-0.3, -0.25) is 28.8 Å². The second kappa shape index (κ2) is 20.7. The van der Waals surface area contributed by atoms with Gasteiger partial charge in [-0.2, -0.15) is 0 Å². The third-order valence-corrected chi connectivity index (χ3v) is 9.18. The molecular weight excluding hydrogens is 612 g/mol. The summed E-state index contributed by atoms with van der Waals surface area (Å²) >= 11 is 0. The number of nitrogens with two attached hydrogens (primary N) is 1. The predicted molar refractivity (Wildman–Crippen MR) is 189 cm³/mol. The number of hydrogen-bond acceptors (Lipinski definition) is 6. The lowest BCUT2D eigenvalue weighted by Gasteiger charge is -2.39. The predicted octanol–water partition coefficient (Wildman–Crippen LogP) is 2.79. The number of unbranched alkanes of at least 4 members (excludes halogenated alkanes) is 2. The Hall–Kier alpha value is -3.62. The van der Waals surface area contributed by atoms with Crippen molar-refractivity contribution in [1.82, 2.24) is 25.3 Å². The summed E-state index contributed by atoms with van der Waals surface area (Å²) in [5.74, 6) is -1.66. The summed E-state index contributed by atoms with van der Waals surface area (Å²) in [5.41, 5.74) is 5.34. The van der Waals surface area contributed by atoms with Crippen molar-refractivity contribution in [2.45, 2.75) is 132 Å². The first kappa shape index (κ1) is 44.4. The topological polar surface area (TPSA) is 162 Å². The van der Waals surface area contributed by atoms with Gasteiger partial charge in [0.1, 0.15) is 30.2 Å². The van der Waals surface area contributed by atoms with Gasteiger partial charge in [0, 0.05) is 33.5 Å². The van der Waals surface area contributed by atoms with E-state index in [9.17, 15) is 28.8 Å². The van der Waals surface area contributed by atoms with Gasteiger partial charge in [0.2, 0.25) is 35.4 Å². The molecule has 0 saturated heterocycles. The van der Waals surface area contributed by atoms with Crippen LogP contribution in [0.2, 0.25) is 0 Å². The molecule has 0 unspecified atom stereocenters. The van der Waals surface area contributed by atoms with Crippen molar-refractivity contribution in [2.75, 3.05) is 21.1 Å². The summed E-state index contributed by atoms with van der Waals surface area (Å²) in [7, 11) is 4.67. The highest BCUT2D eigenvalue weighted by atomic mass is 16.2. The average Bonchev–Trinajstić information content (AvgIpc) is 3.00. The van der Waals surface area contributed by atoms with Gasteiger partial charge in [-0.15, -0.1) is 12.3 Å². The molecule has 274 valence electrons. The van der Waals surface area contributed by atoms with E-state index in [0.29, 0.717) is 19.3 Å². The fourth-order valence-corrected chi connectivity index (χ4v) is 5.97. The summed E-state index contributed by atoms with van der Waals surface area (Å²) in [4.78, 5) is 84.4. The van der Waals surface area contributed by atoms with Gasteiger partial charge in [0.05, 0.1) is 0 Å². The van der Waals surface area contributed by atoms with Gasteiger partial charge < -0.3 is 31.1 Å². The van der Waals surface area contributed by atoms with Crippen molar-refractivity contribution in [1.29, 1.82) is 0 Å². The lowest BCUT2D eigenvalue weighted by molar-refractivity contribution is -0.152. The highest BCUT2D eigenvalue weighted by molar-refractivity contribution is 5.96. The number of amides is 6. The van der Waals surface area contributed by atoms with E-state index < -0.39 is 53.8 Å². The zero-order valence-corrected chi connectivity index (χ0v) is 31.8. The van der Waals surface area contributed by atoms with Crippen LogP contribution in [0.4, 0.5) is 0 Å². The molecule has 0 aromatic heterocycles. The maximum atomic E-state index is 14.1. The normalized spacial score (nSPS) is 15.7. The van der Waals surface area contributed by atoms with Crippen LogP contribution < -0.4 is 16.4 Å². The number of carbonyl (C=O) groups is 6. The van der Waals surface area contributed by atoms with Crippen molar-refractivity contribution >= 4 is 35.4 Å². The summed E-state index contributed by atoms with van der Waals surface area (Å²) in [6.07, 6.45) is 8.85. The molecule has 0 aliphatic carbocycles. The maximum absolute atomic E-state index is 14.1. The van der Waals surface area contributed by atoms with E-state index >= 15 is 0 Å². The Morgan fingerprint density at radius 1 is 0.667 bits per heavy atom. The molecule has 0 radical (unpaired) electrons. The van der Waals surface area contributed by atoms with Crippen molar-refractivity contribution in [3.05, 3.63) is 0 Å². The molecule has 6 amide bonds. The first-order valence-corrected chi connectivity index (χ1v) is 17.3. The number of likely N-dealkylation sites (N-methyl/N-ethyl adjacent to an activating group) is 3. The molecular formula is C36H64N6O6. The van der Waals surface area contributed by atoms with Crippen LogP contribution >= 0.6 is 0 Å². The zero-order chi connectivity index (χ0) is 37.6. The highest BCUT2D eigenvalue weighted by Gasteiger charge is 2.41. The lowest BCUT2D eigenvalue weighted by Crippen LogP contribution is -2.62. The van der Waals surface area contributed by atoms with Crippen LogP contribution in [-0.2, 0) is 28.8 Å². The van der Waals surface area contributed by atoms with E-state index in [-0.39, 0.29) is 41.4 Å². The molecule has 0 heterocycles. The van der Waals surface area contributed by atoms with Crippen molar-refractivity contribution in [3.8, 4) is 12.3 Å². The van der Waals surface area contributed by atoms with E-state index in [1.54, 1.807) is 27.9 Å². The quantitative estimate of drug-likeness (QED) is 0.133. The van der Waals surface area contributed by atoms with E-state index in [1.807, 2.05) is 48.5 Å². The third-order valence-electron chi connectivity index (χ3n) is 9.18. The number of primary amides is 1. The minimum Gasteiger partial charge on any atom is -0.368 e. The third kappa shape index (κ3) is 12.4. The van der Waals surface area contributed by atoms with Crippen LogP contribution in [0.25, 0.3) is 0 Å². The number of nitrogens with one attached hydrogen (secondary N) is 2. The standard InChI is InChI=1S/C36H64N6O6/c1-15-17-18-19-20-25(10)34(46)41(13)29(23(7)8)36(48)40(12)28(22(5)6)32(44)39-27(21(3)4)35(47)42(14)30(24(9)16-2)33(45)38-26(11)31(37)43/h1,21-30H,16-20H2,2-14H3,(H2,37,43)(H,38,45)(H,39,44)/t24-,25-,26+,27+,28+,29+,30+/m1/s1. The Balaban J connectivity index is 6.23.